The fourth-order valence-electron chi connectivity index (χ4n) is 0.702. The van der Waals surface area contributed by atoms with E-state index in [2.05, 4.69) is 15.5 Å². The Balaban J connectivity index is 2.51. The summed E-state index contributed by atoms with van der Waals surface area (Å²) in [6.45, 7) is 0.990. The minimum absolute atomic E-state index is 0.372. The molecule has 1 heterocycles. The van der Waals surface area contributed by atoms with E-state index in [4.69, 9.17) is 9.26 Å². The third-order valence-corrected chi connectivity index (χ3v) is 1.11. The van der Waals surface area contributed by atoms with E-state index in [1.54, 1.807) is 7.11 Å². The summed E-state index contributed by atoms with van der Waals surface area (Å²) in [4.78, 5) is 4.02. The summed E-state index contributed by atoms with van der Waals surface area (Å²) in [5.74, 6) is 1.16. The van der Waals surface area contributed by atoms with Gasteiger partial charge in [-0.1, -0.05) is 5.16 Å². The van der Waals surface area contributed by atoms with Crippen LogP contribution in [0.1, 0.15) is 11.7 Å². The van der Waals surface area contributed by atoms with E-state index in [1.807, 2.05) is 7.05 Å². The van der Waals surface area contributed by atoms with Crippen molar-refractivity contribution >= 4 is 0 Å². The number of nitrogens with one attached hydrogen (secondary N) is 1. The number of aromatic nitrogens is 2. The maximum absolute atomic E-state index is 4.83. The lowest BCUT2D eigenvalue weighted by molar-refractivity contribution is 0.151. The molecule has 0 aliphatic heterocycles. The zero-order chi connectivity index (χ0) is 8.10. The third-order valence-electron chi connectivity index (χ3n) is 1.11. The molecular weight excluding hydrogens is 146 g/mol. The monoisotopic (exact) mass is 157 g/mol. The number of nitrogens with zero attached hydrogens (tertiary/aromatic N) is 2. The van der Waals surface area contributed by atoms with Crippen molar-refractivity contribution in [1.29, 1.82) is 0 Å². The normalized spacial score (nSPS) is 10.4. The maximum atomic E-state index is 4.83. The van der Waals surface area contributed by atoms with Crippen LogP contribution >= 0.6 is 0 Å². The predicted octanol–water partition coefficient (Wildman–Crippen LogP) is -0.0646. The average Bonchev–Trinajstić information content (AvgIpc) is 2.38. The first kappa shape index (κ1) is 8.16. The van der Waals surface area contributed by atoms with E-state index >= 15 is 0 Å². The Morgan fingerprint density at radius 1 is 1.64 bits per heavy atom. The van der Waals surface area contributed by atoms with Gasteiger partial charge in [0.15, 0.2) is 5.82 Å². The van der Waals surface area contributed by atoms with Gasteiger partial charge in [-0.15, -0.1) is 0 Å². The predicted molar refractivity (Wildman–Crippen MR) is 37.8 cm³/mol. The maximum Gasteiger partial charge on any atom is 0.252 e. The molecule has 1 rings (SSSR count). The van der Waals surface area contributed by atoms with E-state index < -0.39 is 0 Å². The molecule has 0 amide bonds. The van der Waals surface area contributed by atoms with Gasteiger partial charge in [0.1, 0.15) is 6.61 Å². The highest BCUT2D eigenvalue weighted by molar-refractivity contribution is 4.83. The van der Waals surface area contributed by atoms with Gasteiger partial charge in [0, 0.05) is 7.11 Å². The zero-order valence-corrected chi connectivity index (χ0v) is 6.63. The van der Waals surface area contributed by atoms with Gasteiger partial charge in [0.2, 0.25) is 0 Å². The summed E-state index contributed by atoms with van der Waals surface area (Å²) in [6, 6.07) is 0. The molecule has 0 spiro atoms. The molecule has 0 bridgehead atoms. The topological polar surface area (TPSA) is 60.2 Å². The highest BCUT2D eigenvalue weighted by atomic mass is 16.5. The molecule has 0 fully saturated rings. The van der Waals surface area contributed by atoms with Gasteiger partial charge < -0.3 is 14.6 Å². The minimum Gasteiger partial charge on any atom is -0.375 e. The van der Waals surface area contributed by atoms with Crippen molar-refractivity contribution in [3.8, 4) is 0 Å². The Morgan fingerprint density at radius 2 is 2.45 bits per heavy atom. The summed E-state index contributed by atoms with van der Waals surface area (Å²) >= 11 is 0. The number of hydrogen-bond donors (Lipinski definition) is 1. The molecule has 1 aromatic rings. The molecule has 0 radical (unpaired) electrons. The lowest BCUT2D eigenvalue weighted by Crippen LogP contribution is -2.06. The van der Waals surface area contributed by atoms with Crippen molar-refractivity contribution in [3.63, 3.8) is 0 Å². The highest BCUT2D eigenvalue weighted by Gasteiger charge is 2.03. The standard InChI is InChI=1S/C6H11N3O2/c1-7-3-5-8-6(4-10-2)11-9-5/h7H,3-4H2,1-2H3. The van der Waals surface area contributed by atoms with E-state index in [1.165, 1.54) is 0 Å². The van der Waals surface area contributed by atoms with Crippen LogP contribution in [0.5, 0.6) is 0 Å². The Morgan fingerprint density at radius 3 is 3.09 bits per heavy atom. The van der Waals surface area contributed by atoms with Crippen molar-refractivity contribution in [3.05, 3.63) is 11.7 Å². The molecule has 5 heteroatoms. The molecule has 0 aliphatic rings. The molecule has 1 N–H and O–H groups in total. The van der Waals surface area contributed by atoms with E-state index in [0.29, 0.717) is 24.9 Å². The first-order chi connectivity index (χ1) is 5.36. The van der Waals surface area contributed by atoms with Crippen LogP contribution in [-0.4, -0.2) is 24.3 Å². The molecular formula is C6H11N3O2. The third kappa shape index (κ3) is 2.28. The molecule has 11 heavy (non-hydrogen) atoms. The van der Waals surface area contributed by atoms with Gasteiger partial charge in [-0.2, -0.15) is 4.98 Å². The molecule has 0 saturated carbocycles. The molecule has 5 nitrogen and oxygen atoms in total. The fourth-order valence-corrected chi connectivity index (χ4v) is 0.702. The Labute approximate surface area is 64.7 Å². The smallest absolute Gasteiger partial charge is 0.252 e. The summed E-state index contributed by atoms with van der Waals surface area (Å²) in [6.07, 6.45) is 0. The van der Waals surface area contributed by atoms with Crippen LogP contribution in [0.25, 0.3) is 0 Å². The SMILES string of the molecule is CNCc1noc(COC)n1. The average molecular weight is 157 g/mol. The van der Waals surface area contributed by atoms with Crippen LogP contribution in [0.3, 0.4) is 0 Å². The van der Waals surface area contributed by atoms with Crippen molar-refractivity contribution in [1.82, 2.24) is 15.5 Å². The molecule has 62 valence electrons. The second-order valence-electron chi connectivity index (χ2n) is 2.07. The Bertz CT molecular complexity index is 191. The number of hydrogen-bond acceptors (Lipinski definition) is 5. The fraction of sp³-hybridized carbons (Fsp3) is 0.667. The van der Waals surface area contributed by atoms with Gasteiger partial charge in [0.05, 0.1) is 6.54 Å². The largest absolute Gasteiger partial charge is 0.375 e. The number of rotatable bonds is 4. The lowest BCUT2D eigenvalue weighted by atomic mass is 10.6. The lowest BCUT2D eigenvalue weighted by Gasteiger charge is -1.87. The van der Waals surface area contributed by atoms with E-state index in [9.17, 15) is 0 Å². The van der Waals surface area contributed by atoms with E-state index in [0.717, 1.165) is 0 Å². The Hall–Kier alpha value is -0.940. The first-order valence-electron chi connectivity index (χ1n) is 3.32. The second-order valence-corrected chi connectivity index (χ2v) is 2.07. The summed E-state index contributed by atoms with van der Waals surface area (Å²) in [5.41, 5.74) is 0. The van der Waals surface area contributed by atoms with Crippen molar-refractivity contribution in [2.24, 2.45) is 0 Å². The summed E-state index contributed by atoms with van der Waals surface area (Å²) in [5, 5.41) is 6.61. The molecule has 0 aliphatic carbocycles. The van der Waals surface area contributed by atoms with Crippen molar-refractivity contribution in [2.75, 3.05) is 14.2 Å². The summed E-state index contributed by atoms with van der Waals surface area (Å²) in [7, 11) is 3.41. The first-order valence-corrected chi connectivity index (χ1v) is 3.32. The highest BCUT2D eigenvalue weighted by Crippen LogP contribution is 1.97. The zero-order valence-electron chi connectivity index (χ0n) is 6.63. The molecule has 0 saturated heterocycles. The summed E-state index contributed by atoms with van der Waals surface area (Å²) < 4.78 is 9.63. The van der Waals surface area contributed by atoms with Crippen LogP contribution in [-0.2, 0) is 17.9 Å². The van der Waals surface area contributed by atoms with Crippen LogP contribution in [0, 0.1) is 0 Å². The molecule has 0 unspecified atom stereocenters. The van der Waals surface area contributed by atoms with Gasteiger partial charge in [-0.25, -0.2) is 0 Å². The van der Waals surface area contributed by atoms with Crippen LogP contribution < -0.4 is 5.32 Å². The molecule has 1 aromatic heterocycles. The number of methoxy groups -OCH3 is 1. The second kappa shape index (κ2) is 4.05. The molecule has 0 atom stereocenters. The van der Waals surface area contributed by atoms with Crippen molar-refractivity contribution in [2.45, 2.75) is 13.2 Å². The van der Waals surface area contributed by atoms with Gasteiger partial charge in [-0.3, -0.25) is 0 Å². The van der Waals surface area contributed by atoms with Crippen molar-refractivity contribution < 1.29 is 9.26 Å². The van der Waals surface area contributed by atoms with Crippen LogP contribution in [0.2, 0.25) is 0 Å². The Kier molecular flexibility index (Phi) is 3.00. The quantitative estimate of drug-likeness (QED) is 0.663. The van der Waals surface area contributed by atoms with Gasteiger partial charge in [0.25, 0.3) is 5.89 Å². The van der Waals surface area contributed by atoms with Crippen LogP contribution in [0.4, 0.5) is 0 Å². The van der Waals surface area contributed by atoms with Gasteiger partial charge >= 0.3 is 0 Å². The minimum atomic E-state index is 0.372. The number of ether oxygens (including phenoxy) is 1. The van der Waals surface area contributed by atoms with Gasteiger partial charge in [-0.05, 0) is 7.05 Å². The van der Waals surface area contributed by atoms with Crippen LogP contribution in [0.15, 0.2) is 4.52 Å². The molecule has 0 aromatic carbocycles. The van der Waals surface area contributed by atoms with E-state index in [-0.39, 0.29) is 0 Å².